The topological polar surface area (TPSA) is 29.9 Å². The second-order valence-corrected chi connectivity index (χ2v) is 4.79. The van der Waals surface area contributed by atoms with Crippen molar-refractivity contribution in [3.63, 3.8) is 0 Å². The minimum atomic E-state index is 0.456. The highest BCUT2D eigenvalue weighted by atomic mass is 32.1. The average molecular weight is 235 g/mol. The number of nitrogens with zero attached hydrogens (tertiary/aromatic N) is 2. The van der Waals surface area contributed by atoms with Gasteiger partial charge in [-0.15, -0.1) is 11.3 Å². The smallest absolute Gasteiger partial charge is 0.0489 e. The highest BCUT2D eigenvalue weighted by Crippen LogP contribution is 2.17. The van der Waals surface area contributed by atoms with E-state index in [1.165, 1.54) is 4.88 Å². The van der Waals surface area contributed by atoms with E-state index in [1.807, 2.05) is 23.1 Å². The Bertz CT molecular complexity index is 380. The number of thiophene rings is 1. The standard InChI is InChI=1S/C12H17N3S/c1-11(12-5-2-10-16-12)13-6-3-8-15-9-4-7-14-15/h2,4-5,7,9-11,13H,3,6,8H2,1H3. The molecule has 1 atom stereocenters. The minimum Gasteiger partial charge on any atom is -0.309 e. The molecule has 2 aromatic rings. The van der Waals surface area contributed by atoms with Gasteiger partial charge in [0.15, 0.2) is 0 Å². The van der Waals surface area contributed by atoms with Gasteiger partial charge in [0.1, 0.15) is 0 Å². The van der Waals surface area contributed by atoms with E-state index in [1.54, 1.807) is 11.3 Å². The van der Waals surface area contributed by atoms with Crippen molar-refractivity contribution < 1.29 is 0 Å². The fourth-order valence-electron chi connectivity index (χ4n) is 1.63. The highest BCUT2D eigenvalue weighted by Gasteiger charge is 2.04. The second-order valence-electron chi connectivity index (χ2n) is 3.81. The Hall–Kier alpha value is -1.13. The number of nitrogens with one attached hydrogen (secondary N) is 1. The van der Waals surface area contributed by atoms with E-state index in [2.05, 4.69) is 34.9 Å². The molecule has 2 rings (SSSR count). The molecule has 0 aliphatic carbocycles. The van der Waals surface area contributed by atoms with E-state index in [4.69, 9.17) is 0 Å². The van der Waals surface area contributed by atoms with Crippen molar-refractivity contribution in [1.29, 1.82) is 0 Å². The van der Waals surface area contributed by atoms with Crippen LogP contribution in [0.25, 0.3) is 0 Å². The van der Waals surface area contributed by atoms with Gasteiger partial charge in [0.2, 0.25) is 0 Å². The monoisotopic (exact) mass is 235 g/mol. The first kappa shape index (κ1) is 11.4. The Morgan fingerprint density at radius 3 is 3.12 bits per heavy atom. The summed E-state index contributed by atoms with van der Waals surface area (Å²) in [6.07, 6.45) is 4.93. The predicted molar refractivity (Wildman–Crippen MR) is 67.6 cm³/mol. The molecule has 0 aromatic carbocycles. The maximum atomic E-state index is 4.17. The van der Waals surface area contributed by atoms with Crippen LogP contribution in [-0.4, -0.2) is 16.3 Å². The molecule has 16 heavy (non-hydrogen) atoms. The van der Waals surface area contributed by atoms with Gasteiger partial charge in [0.25, 0.3) is 0 Å². The van der Waals surface area contributed by atoms with Crippen LogP contribution in [0.2, 0.25) is 0 Å². The largest absolute Gasteiger partial charge is 0.309 e. The molecular weight excluding hydrogens is 218 g/mol. The second kappa shape index (κ2) is 5.82. The summed E-state index contributed by atoms with van der Waals surface area (Å²) in [4.78, 5) is 1.40. The SMILES string of the molecule is CC(NCCCn1cccn1)c1cccs1. The van der Waals surface area contributed by atoms with Crippen LogP contribution in [0.4, 0.5) is 0 Å². The highest BCUT2D eigenvalue weighted by molar-refractivity contribution is 7.10. The Morgan fingerprint density at radius 2 is 2.44 bits per heavy atom. The van der Waals surface area contributed by atoms with Crippen molar-refractivity contribution in [2.75, 3.05) is 6.54 Å². The summed E-state index contributed by atoms with van der Waals surface area (Å²) >= 11 is 1.81. The van der Waals surface area contributed by atoms with Crippen LogP contribution in [-0.2, 0) is 6.54 Å². The number of aryl methyl sites for hydroxylation is 1. The van der Waals surface area contributed by atoms with Gasteiger partial charge in [0.05, 0.1) is 0 Å². The summed E-state index contributed by atoms with van der Waals surface area (Å²) < 4.78 is 1.97. The van der Waals surface area contributed by atoms with Crippen molar-refractivity contribution in [2.24, 2.45) is 0 Å². The third-order valence-electron chi connectivity index (χ3n) is 2.54. The maximum absolute atomic E-state index is 4.17. The van der Waals surface area contributed by atoms with Gasteiger partial charge in [-0.1, -0.05) is 6.07 Å². The Balaban J connectivity index is 1.65. The number of aromatic nitrogens is 2. The fraction of sp³-hybridized carbons (Fsp3) is 0.417. The van der Waals surface area contributed by atoms with Gasteiger partial charge in [-0.2, -0.15) is 5.10 Å². The lowest BCUT2D eigenvalue weighted by Gasteiger charge is -2.11. The third-order valence-corrected chi connectivity index (χ3v) is 3.60. The first-order chi connectivity index (χ1) is 7.86. The van der Waals surface area contributed by atoms with E-state index in [9.17, 15) is 0 Å². The van der Waals surface area contributed by atoms with Crippen LogP contribution in [0.5, 0.6) is 0 Å². The average Bonchev–Trinajstić information content (AvgIpc) is 2.96. The fourth-order valence-corrected chi connectivity index (χ4v) is 2.39. The zero-order valence-corrected chi connectivity index (χ0v) is 10.3. The Kier molecular flexibility index (Phi) is 4.13. The lowest BCUT2D eigenvalue weighted by Crippen LogP contribution is -2.20. The summed E-state index contributed by atoms with van der Waals surface area (Å²) in [6, 6.07) is 6.69. The van der Waals surface area contributed by atoms with Gasteiger partial charge in [-0.05, 0) is 37.4 Å². The lowest BCUT2D eigenvalue weighted by atomic mass is 10.2. The van der Waals surface area contributed by atoms with E-state index in [0.29, 0.717) is 6.04 Å². The van der Waals surface area contributed by atoms with Gasteiger partial charge < -0.3 is 5.32 Å². The molecule has 2 heterocycles. The van der Waals surface area contributed by atoms with Crippen molar-refractivity contribution in [3.8, 4) is 0 Å². The van der Waals surface area contributed by atoms with Crippen LogP contribution in [0.1, 0.15) is 24.3 Å². The van der Waals surface area contributed by atoms with Crippen molar-refractivity contribution in [1.82, 2.24) is 15.1 Å². The number of hydrogen-bond acceptors (Lipinski definition) is 3. The van der Waals surface area contributed by atoms with E-state index in [-0.39, 0.29) is 0 Å². The van der Waals surface area contributed by atoms with Crippen molar-refractivity contribution in [3.05, 3.63) is 40.8 Å². The number of rotatable bonds is 6. The van der Waals surface area contributed by atoms with Crippen LogP contribution >= 0.6 is 11.3 Å². The molecule has 0 bridgehead atoms. The molecule has 3 nitrogen and oxygen atoms in total. The van der Waals surface area contributed by atoms with Crippen molar-refractivity contribution >= 4 is 11.3 Å². The molecule has 2 aromatic heterocycles. The molecule has 0 saturated carbocycles. The summed E-state index contributed by atoms with van der Waals surface area (Å²) in [5.41, 5.74) is 0. The molecule has 86 valence electrons. The third kappa shape index (κ3) is 3.18. The molecule has 4 heteroatoms. The molecule has 0 spiro atoms. The maximum Gasteiger partial charge on any atom is 0.0489 e. The summed E-state index contributed by atoms with van der Waals surface area (Å²) in [5.74, 6) is 0. The van der Waals surface area contributed by atoms with Crippen molar-refractivity contribution in [2.45, 2.75) is 25.9 Å². The molecule has 1 N–H and O–H groups in total. The number of hydrogen-bond donors (Lipinski definition) is 1. The first-order valence-electron chi connectivity index (χ1n) is 5.60. The van der Waals surface area contributed by atoms with E-state index < -0.39 is 0 Å². The zero-order valence-electron chi connectivity index (χ0n) is 9.47. The molecular formula is C12H17N3S. The molecule has 1 unspecified atom stereocenters. The van der Waals surface area contributed by atoms with Gasteiger partial charge >= 0.3 is 0 Å². The Morgan fingerprint density at radius 1 is 1.50 bits per heavy atom. The van der Waals surface area contributed by atoms with Crippen LogP contribution < -0.4 is 5.32 Å². The van der Waals surface area contributed by atoms with Gasteiger partial charge in [-0.3, -0.25) is 4.68 Å². The zero-order chi connectivity index (χ0) is 11.2. The van der Waals surface area contributed by atoms with Crippen LogP contribution in [0.3, 0.4) is 0 Å². The minimum absolute atomic E-state index is 0.456. The quantitative estimate of drug-likeness (QED) is 0.780. The van der Waals surface area contributed by atoms with E-state index in [0.717, 1.165) is 19.5 Å². The van der Waals surface area contributed by atoms with Crippen LogP contribution in [0, 0.1) is 0 Å². The molecule has 0 fully saturated rings. The predicted octanol–water partition coefficient (Wildman–Crippen LogP) is 2.69. The first-order valence-corrected chi connectivity index (χ1v) is 6.48. The Labute approximate surface area is 100 Å². The van der Waals surface area contributed by atoms with E-state index >= 15 is 0 Å². The molecule has 0 saturated heterocycles. The molecule has 0 aliphatic rings. The molecule has 0 radical (unpaired) electrons. The summed E-state index contributed by atoms with van der Waals surface area (Å²) in [6.45, 7) is 4.22. The molecule has 0 amide bonds. The van der Waals surface area contributed by atoms with Gasteiger partial charge in [-0.25, -0.2) is 0 Å². The van der Waals surface area contributed by atoms with Gasteiger partial charge in [0, 0.05) is 29.9 Å². The molecule has 0 aliphatic heterocycles. The lowest BCUT2D eigenvalue weighted by molar-refractivity contribution is 0.510. The summed E-state index contributed by atoms with van der Waals surface area (Å²) in [7, 11) is 0. The normalized spacial score (nSPS) is 12.8. The summed E-state index contributed by atoms with van der Waals surface area (Å²) in [5, 5.41) is 9.81. The van der Waals surface area contributed by atoms with Crippen LogP contribution in [0.15, 0.2) is 36.0 Å².